The molecule has 6 nitrogen and oxygen atoms in total. The van der Waals surface area contributed by atoms with E-state index in [0.29, 0.717) is 21.5 Å². The molecule has 0 spiro atoms. The highest BCUT2D eigenvalue weighted by Crippen LogP contribution is 2.43. The van der Waals surface area contributed by atoms with Gasteiger partial charge in [-0.15, -0.1) is 11.3 Å². The lowest BCUT2D eigenvalue weighted by Crippen LogP contribution is -2.08. The summed E-state index contributed by atoms with van der Waals surface area (Å²) in [6.07, 6.45) is 0. The van der Waals surface area contributed by atoms with Gasteiger partial charge < -0.3 is 19.9 Å². The SMILES string of the molecule is COc1cc(-c2csc3[nH]c(=O)c(-c4ccccc4)c(O)c23)ccc1-c1ccc(C(=O)O)cc1. The number of nitrogens with one attached hydrogen (secondary N) is 1. The number of aromatic hydroxyl groups is 1. The molecular formula is C27H19NO5S. The van der Waals surface area contributed by atoms with Gasteiger partial charge in [0, 0.05) is 16.5 Å². The Balaban J connectivity index is 1.64. The van der Waals surface area contributed by atoms with Crippen molar-refractivity contribution in [2.75, 3.05) is 7.11 Å². The van der Waals surface area contributed by atoms with Crippen molar-refractivity contribution < 1.29 is 19.7 Å². The minimum atomic E-state index is -0.981. The number of methoxy groups -OCH3 is 1. The first-order chi connectivity index (χ1) is 16.5. The third kappa shape index (κ3) is 3.62. The number of pyridine rings is 1. The maximum absolute atomic E-state index is 12.7. The van der Waals surface area contributed by atoms with Gasteiger partial charge in [0.25, 0.3) is 5.56 Å². The second-order valence-corrected chi connectivity index (χ2v) is 8.57. The van der Waals surface area contributed by atoms with E-state index < -0.39 is 5.97 Å². The predicted octanol–water partition coefficient (Wildman–Crippen LogP) is 6.00. The molecule has 0 saturated heterocycles. The fourth-order valence-corrected chi connectivity index (χ4v) is 5.02. The van der Waals surface area contributed by atoms with Crippen LogP contribution in [0.25, 0.3) is 43.6 Å². The molecule has 5 rings (SSSR count). The number of aromatic nitrogens is 1. The van der Waals surface area contributed by atoms with Gasteiger partial charge in [0.2, 0.25) is 0 Å². The summed E-state index contributed by atoms with van der Waals surface area (Å²) < 4.78 is 5.64. The van der Waals surface area contributed by atoms with Crippen molar-refractivity contribution in [3.05, 3.63) is 94.1 Å². The number of hydrogen-bond acceptors (Lipinski definition) is 5. The van der Waals surface area contributed by atoms with Crippen LogP contribution in [-0.2, 0) is 0 Å². The smallest absolute Gasteiger partial charge is 0.335 e. The minimum absolute atomic E-state index is 0.0616. The third-order valence-corrected chi connectivity index (χ3v) is 6.63. The van der Waals surface area contributed by atoms with Gasteiger partial charge >= 0.3 is 5.97 Å². The van der Waals surface area contributed by atoms with Gasteiger partial charge in [-0.2, -0.15) is 0 Å². The summed E-state index contributed by atoms with van der Waals surface area (Å²) in [7, 11) is 1.57. The van der Waals surface area contributed by atoms with Crippen molar-refractivity contribution >= 4 is 27.5 Å². The molecule has 5 aromatic rings. The molecule has 2 aromatic heterocycles. The van der Waals surface area contributed by atoms with E-state index in [4.69, 9.17) is 9.84 Å². The minimum Gasteiger partial charge on any atom is -0.506 e. The van der Waals surface area contributed by atoms with Gasteiger partial charge in [-0.05, 0) is 34.9 Å². The van der Waals surface area contributed by atoms with Crippen molar-refractivity contribution in [2.24, 2.45) is 0 Å². The Labute approximate surface area is 198 Å². The number of rotatable bonds is 5. The highest BCUT2D eigenvalue weighted by atomic mass is 32.1. The van der Waals surface area contributed by atoms with E-state index in [9.17, 15) is 14.7 Å². The average molecular weight is 470 g/mol. The Morgan fingerprint density at radius 1 is 0.912 bits per heavy atom. The Morgan fingerprint density at radius 2 is 1.62 bits per heavy atom. The first kappa shape index (κ1) is 21.5. The second kappa shape index (κ2) is 8.53. The summed E-state index contributed by atoms with van der Waals surface area (Å²) in [5, 5.41) is 22.8. The lowest BCUT2D eigenvalue weighted by atomic mass is 9.97. The normalized spacial score (nSPS) is 11.0. The van der Waals surface area contributed by atoms with Crippen LogP contribution in [0.4, 0.5) is 0 Å². The number of fused-ring (bicyclic) bond motifs is 1. The van der Waals surface area contributed by atoms with E-state index in [1.807, 2.05) is 41.8 Å². The standard InChI is InChI=1S/C27H19NO5S/c1-33-21-13-18(11-12-19(21)15-7-9-17(10-8-15)27(31)32)20-14-34-26-23(20)24(29)22(25(30)28-26)16-5-3-2-4-6-16/h2-14H,1H3,(H,31,32)(H2,28,29,30). The van der Waals surface area contributed by atoms with E-state index in [0.717, 1.165) is 22.3 Å². The monoisotopic (exact) mass is 469 g/mol. The largest absolute Gasteiger partial charge is 0.506 e. The van der Waals surface area contributed by atoms with Crippen LogP contribution in [0.3, 0.4) is 0 Å². The van der Waals surface area contributed by atoms with E-state index in [2.05, 4.69) is 4.98 Å². The molecule has 0 radical (unpaired) electrons. The van der Waals surface area contributed by atoms with Crippen LogP contribution in [-0.4, -0.2) is 28.3 Å². The molecule has 0 bridgehead atoms. The Hall–Kier alpha value is -4.36. The highest BCUT2D eigenvalue weighted by molar-refractivity contribution is 7.17. The topological polar surface area (TPSA) is 99.6 Å². The average Bonchev–Trinajstić information content (AvgIpc) is 3.28. The van der Waals surface area contributed by atoms with E-state index >= 15 is 0 Å². The summed E-state index contributed by atoms with van der Waals surface area (Å²) >= 11 is 1.35. The third-order valence-electron chi connectivity index (χ3n) is 5.74. The molecule has 7 heteroatoms. The summed E-state index contributed by atoms with van der Waals surface area (Å²) in [5.41, 5.74) is 3.96. The maximum Gasteiger partial charge on any atom is 0.335 e. The number of carboxylic acids is 1. The van der Waals surface area contributed by atoms with Crippen molar-refractivity contribution in [1.82, 2.24) is 4.98 Å². The van der Waals surface area contributed by atoms with Crippen LogP contribution in [0.1, 0.15) is 10.4 Å². The molecule has 0 amide bonds. The van der Waals surface area contributed by atoms with Crippen LogP contribution < -0.4 is 10.3 Å². The van der Waals surface area contributed by atoms with Gasteiger partial charge in [-0.3, -0.25) is 4.79 Å². The van der Waals surface area contributed by atoms with E-state index in [1.54, 1.807) is 43.5 Å². The Bertz CT molecular complexity index is 1580. The van der Waals surface area contributed by atoms with Crippen LogP contribution in [0.2, 0.25) is 0 Å². The molecule has 0 aliphatic heterocycles. The molecule has 0 atom stereocenters. The lowest BCUT2D eigenvalue weighted by molar-refractivity contribution is 0.0697. The molecule has 0 fully saturated rings. The number of benzene rings is 3. The Morgan fingerprint density at radius 3 is 2.29 bits per heavy atom. The molecule has 0 unspecified atom stereocenters. The number of hydrogen-bond donors (Lipinski definition) is 3. The fraction of sp³-hybridized carbons (Fsp3) is 0.0370. The fourth-order valence-electron chi connectivity index (χ4n) is 4.06. The molecular weight excluding hydrogens is 450 g/mol. The summed E-state index contributed by atoms with van der Waals surface area (Å²) in [5.74, 6) is -0.438. The number of carbonyl (C=O) groups is 1. The van der Waals surface area contributed by atoms with Crippen LogP contribution >= 0.6 is 11.3 Å². The van der Waals surface area contributed by atoms with Crippen LogP contribution in [0.15, 0.2) is 83.0 Å². The molecule has 168 valence electrons. The molecule has 2 heterocycles. The van der Waals surface area contributed by atoms with E-state index in [-0.39, 0.29) is 22.4 Å². The van der Waals surface area contributed by atoms with Gasteiger partial charge in [0.1, 0.15) is 16.3 Å². The number of aromatic carboxylic acids is 1. The zero-order chi connectivity index (χ0) is 23.8. The number of aromatic amines is 1. The van der Waals surface area contributed by atoms with Gasteiger partial charge in [0.15, 0.2) is 0 Å². The molecule has 3 N–H and O–H groups in total. The van der Waals surface area contributed by atoms with Crippen molar-refractivity contribution in [2.45, 2.75) is 0 Å². The van der Waals surface area contributed by atoms with Crippen LogP contribution in [0.5, 0.6) is 11.5 Å². The zero-order valence-electron chi connectivity index (χ0n) is 18.0. The van der Waals surface area contributed by atoms with Crippen molar-refractivity contribution in [3.8, 4) is 44.9 Å². The van der Waals surface area contributed by atoms with Gasteiger partial charge in [-0.1, -0.05) is 54.6 Å². The maximum atomic E-state index is 12.7. The van der Waals surface area contributed by atoms with Crippen molar-refractivity contribution in [1.29, 1.82) is 0 Å². The van der Waals surface area contributed by atoms with Gasteiger partial charge in [-0.25, -0.2) is 4.79 Å². The second-order valence-electron chi connectivity index (χ2n) is 7.69. The number of carboxylic acid groups (broad SMARTS) is 1. The van der Waals surface area contributed by atoms with Crippen LogP contribution in [0, 0.1) is 0 Å². The van der Waals surface area contributed by atoms with Gasteiger partial charge in [0.05, 0.1) is 23.6 Å². The predicted molar refractivity (Wildman–Crippen MR) is 134 cm³/mol. The number of ether oxygens (including phenoxy) is 1. The number of H-pyrrole nitrogens is 1. The number of thiophene rings is 1. The quantitative estimate of drug-likeness (QED) is 0.293. The molecule has 0 aliphatic rings. The van der Waals surface area contributed by atoms with E-state index in [1.165, 1.54) is 11.3 Å². The summed E-state index contributed by atoms with van der Waals surface area (Å²) in [4.78, 5) is 27.3. The Kier molecular flexibility index (Phi) is 5.39. The first-order valence-electron chi connectivity index (χ1n) is 10.4. The zero-order valence-corrected chi connectivity index (χ0v) is 18.8. The molecule has 0 saturated carbocycles. The van der Waals surface area contributed by atoms with Crippen molar-refractivity contribution in [3.63, 3.8) is 0 Å². The molecule has 0 aliphatic carbocycles. The lowest BCUT2D eigenvalue weighted by Gasteiger charge is -2.12. The molecule has 34 heavy (non-hydrogen) atoms. The molecule has 3 aromatic carbocycles. The summed E-state index contributed by atoms with van der Waals surface area (Å²) in [6, 6.07) is 21.3. The summed E-state index contributed by atoms with van der Waals surface area (Å²) in [6.45, 7) is 0. The highest BCUT2D eigenvalue weighted by Gasteiger charge is 2.19. The first-order valence-corrected chi connectivity index (χ1v) is 11.3.